The van der Waals surface area contributed by atoms with E-state index in [4.69, 9.17) is 4.74 Å². The first-order valence-corrected chi connectivity index (χ1v) is 7.46. The molecule has 2 rings (SSSR count). The Balaban J connectivity index is 2.04. The third kappa shape index (κ3) is 3.58. The fourth-order valence-corrected chi connectivity index (χ4v) is 2.63. The molecule has 1 saturated heterocycles. The number of carbonyl (C=O) groups excluding carboxylic acids is 1. The highest BCUT2D eigenvalue weighted by Gasteiger charge is 2.33. The van der Waals surface area contributed by atoms with Crippen molar-refractivity contribution in [3.05, 3.63) is 29.8 Å². The van der Waals surface area contributed by atoms with Crippen LogP contribution in [0.15, 0.2) is 24.3 Å². The summed E-state index contributed by atoms with van der Waals surface area (Å²) in [6.45, 7) is 6.15. The molecule has 1 heterocycles. The molecule has 2 unspecified atom stereocenters. The minimum absolute atomic E-state index is 0.0528. The van der Waals surface area contributed by atoms with E-state index in [1.54, 1.807) is 0 Å². The number of hydrogen-bond donors (Lipinski definition) is 2. The van der Waals surface area contributed by atoms with Crippen LogP contribution in [-0.4, -0.2) is 31.7 Å². The number of nitrogens with one attached hydrogen (secondary N) is 2. The van der Waals surface area contributed by atoms with Gasteiger partial charge in [0, 0.05) is 11.7 Å². The first-order valence-electron chi connectivity index (χ1n) is 7.46. The fourth-order valence-electron chi connectivity index (χ4n) is 2.63. The molecule has 4 heteroatoms. The number of hydrogen-bond acceptors (Lipinski definition) is 3. The van der Waals surface area contributed by atoms with Crippen LogP contribution >= 0.6 is 0 Å². The standard InChI is InChI=1S/C16H24N2O2/c1-3-7-12-8-5-6-9-14(12)18-16(19)13-10-20-11-15(13)17-4-2/h5-6,8-9,13,15,17H,3-4,7,10-11H2,1-2H3,(H,18,19). The highest BCUT2D eigenvalue weighted by molar-refractivity contribution is 5.94. The zero-order valence-electron chi connectivity index (χ0n) is 12.3. The van der Waals surface area contributed by atoms with E-state index < -0.39 is 0 Å². The predicted molar refractivity (Wildman–Crippen MR) is 80.8 cm³/mol. The molecule has 0 bridgehead atoms. The van der Waals surface area contributed by atoms with Gasteiger partial charge in [0.25, 0.3) is 0 Å². The van der Waals surface area contributed by atoms with Gasteiger partial charge in [0.2, 0.25) is 5.91 Å². The average molecular weight is 276 g/mol. The second-order valence-electron chi connectivity index (χ2n) is 5.20. The van der Waals surface area contributed by atoms with Crippen molar-refractivity contribution in [2.24, 2.45) is 5.92 Å². The van der Waals surface area contributed by atoms with Gasteiger partial charge in [-0.1, -0.05) is 38.5 Å². The summed E-state index contributed by atoms with van der Waals surface area (Å²) in [7, 11) is 0. The molecule has 0 aromatic heterocycles. The summed E-state index contributed by atoms with van der Waals surface area (Å²) in [6, 6.07) is 8.15. The molecule has 1 aliphatic rings. The predicted octanol–water partition coefficient (Wildman–Crippen LogP) is 2.20. The molecule has 1 aromatic carbocycles. The molecule has 4 nitrogen and oxygen atoms in total. The Bertz CT molecular complexity index is 448. The Morgan fingerprint density at radius 2 is 2.10 bits per heavy atom. The lowest BCUT2D eigenvalue weighted by Crippen LogP contribution is -2.41. The number of amides is 1. The summed E-state index contributed by atoms with van der Waals surface area (Å²) in [4.78, 5) is 12.4. The van der Waals surface area contributed by atoms with Crippen LogP contribution in [0.4, 0.5) is 5.69 Å². The topological polar surface area (TPSA) is 50.4 Å². The normalized spacial score (nSPS) is 21.9. The van der Waals surface area contributed by atoms with Gasteiger partial charge in [-0.15, -0.1) is 0 Å². The monoisotopic (exact) mass is 276 g/mol. The summed E-state index contributed by atoms with van der Waals surface area (Å²) in [6.07, 6.45) is 2.05. The van der Waals surface area contributed by atoms with E-state index in [-0.39, 0.29) is 17.9 Å². The second-order valence-corrected chi connectivity index (χ2v) is 5.20. The molecule has 2 atom stereocenters. The van der Waals surface area contributed by atoms with Gasteiger partial charge < -0.3 is 15.4 Å². The van der Waals surface area contributed by atoms with E-state index in [0.29, 0.717) is 13.2 Å². The van der Waals surface area contributed by atoms with E-state index in [2.05, 4.69) is 23.6 Å². The smallest absolute Gasteiger partial charge is 0.231 e. The molecule has 110 valence electrons. The summed E-state index contributed by atoms with van der Waals surface area (Å²) < 4.78 is 5.44. The van der Waals surface area contributed by atoms with E-state index in [1.807, 2.05) is 25.1 Å². The van der Waals surface area contributed by atoms with Crippen molar-refractivity contribution in [1.82, 2.24) is 5.32 Å². The molecule has 2 N–H and O–H groups in total. The number of ether oxygens (including phenoxy) is 1. The Hall–Kier alpha value is -1.39. The van der Waals surface area contributed by atoms with E-state index >= 15 is 0 Å². The SMILES string of the molecule is CCCc1ccccc1NC(=O)C1COCC1NCC. The number of carbonyl (C=O) groups is 1. The zero-order valence-corrected chi connectivity index (χ0v) is 12.3. The number of anilines is 1. The molecule has 0 spiro atoms. The largest absolute Gasteiger partial charge is 0.379 e. The lowest BCUT2D eigenvalue weighted by atomic mass is 10.0. The van der Waals surface area contributed by atoms with Crippen LogP contribution in [0.3, 0.4) is 0 Å². The molecule has 1 fully saturated rings. The third-order valence-electron chi connectivity index (χ3n) is 3.68. The van der Waals surface area contributed by atoms with Gasteiger partial charge in [-0.25, -0.2) is 0 Å². The fraction of sp³-hybridized carbons (Fsp3) is 0.562. The van der Waals surface area contributed by atoms with Crippen LogP contribution in [-0.2, 0) is 16.0 Å². The minimum Gasteiger partial charge on any atom is -0.379 e. The van der Waals surface area contributed by atoms with Crippen molar-refractivity contribution in [1.29, 1.82) is 0 Å². The van der Waals surface area contributed by atoms with Crippen molar-refractivity contribution in [2.45, 2.75) is 32.7 Å². The molecule has 1 aromatic rings. The third-order valence-corrected chi connectivity index (χ3v) is 3.68. The molecule has 1 amide bonds. The van der Waals surface area contributed by atoms with Crippen LogP contribution in [0.1, 0.15) is 25.8 Å². The molecule has 0 radical (unpaired) electrons. The van der Waals surface area contributed by atoms with Gasteiger partial charge in [-0.05, 0) is 24.6 Å². The van der Waals surface area contributed by atoms with Crippen molar-refractivity contribution in [3.63, 3.8) is 0 Å². The van der Waals surface area contributed by atoms with E-state index in [9.17, 15) is 4.79 Å². The van der Waals surface area contributed by atoms with Crippen LogP contribution < -0.4 is 10.6 Å². The summed E-state index contributed by atoms with van der Waals surface area (Å²) in [5.41, 5.74) is 2.13. The molecule has 0 aliphatic carbocycles. The molecule has 0 saturated carbocycles. The maximum atomic E-state index is 12.4. The Morgan fingerprint density at radius 1 is 1.30 bits per heavy atom. The second kappa shape index (κ2) is 7.41. The maximum Gasteiger partial charge on any atom is 0.231 e. The van der Waals surface area contributed by atoms with Gasteiger partial charge in [-0.2, -0.15) is 0 Å². The zero-order chi connectivity index (χ0) is 14.4. The van der Waals surface area contributed by atoms with Crippen LogP contribution in [0.5, 0.6) is 0 Å². The number of likely N-dealkylation sites (N-methyl/N-ethyl adjacent to an activating group) is 1. The average Bonchev–Trinajstić information content (AvgIpc) is 2.90. The minimum atomic E-state index is -0.107. The Morgan fingerprint density at radius 3 is 2.85 bits per heavy atom. The van der Waals surface area contributed by atoms with Crippen molar-refractivity contribution < 1.29 is 9.53 Å². The quantitative estimate of drug-likeness (QED) is 0.837. The van der Waals surface area contributed by atoms with Gasteiger partial charge in [-0.3, -0.25) is 4.79 Å². The molecule has 20 heavy (non-hydrogen) atoms. The van der Waals surface area contributed by atoms with Gasteiger partial charge in [0.15, 0.2) is 0 Å². The molecular formula is C16H24N2O2. The number of rotatable bonds is 6. The first-order chi connectivity index (χ1) is 9.76. The highest BCUT2D eigenvalue weighted by Crippen LogP contribution is 2.20. The van der Waals surface area contributed by atoms with Crippen molar-refractivity contribution >= 4 is 11.6 Å². The Kier molecular flexibility index (Phi) is 5.56. The van der Waals surface area contributed by atoms with Gasteiger partial charge in [0.05, 0.1) is 19.1 Å². The number of para-hydroxylation sites is 1. The number of benzene rings is 1. The van der Waals surface area contributed by atoms with Crippen LogP contribution in [0, 0.1) is 5.92 Å². The molecular weight excluding hydrogens is 252 g/mol. The lowest BCUT2D eigenvalue weighted by molar-refractivity contribution is -0.120. The van der Waals surface area contributed by atoms with E-state index in [0.717, 1.165) is 25.1 Å². The highest BCUT2D eigenvalue weighted by atomic mass is 16.5. The maximum absolute atomic E-state index is 12.4. The van der Waals surface area contributed by atoms with Gasteiger partial charge >= 0.3 is 0 Å². The number of aryl methyl sites for hydroxylation is 1. The van der Waals surface area contributed by atoms with Crippen LogP contribution in [0.25, 0.3) is 0 Å². The summed E-state index contributed by atoms with van der Waals surface area (Å²) in [5.74, 6) is -0.0540. The summed E-state index contributed by atoms with van der Waals surface area (Å²) >= 11 is 0. The van der Waals surface area contributed by atoms with Crippen molar-refractivity contribution in [3.8, 4) is 0 Å². The summed E-state index contributed by atoms with van der Waals surface area (Å²) in [5, 5.41) is 6.38. The van der Waals surface area contributed by atoms with Crippen LogP contribution in [0.2, 0.25) is 0 Å². The lowest BCUT2D eigenvalue weighted by Gasteiger charge is -2.19. The Labute approximate surface area is 120 Å². The van der Waals surface area contributed by atoms with Crippen molar-refractivity contribution in [2.75, 3.05) is 25.1 Å². The first kappa shape index (κ1) is 15.0. The van der Waals surface area contributed by atoms with Gasteiger partial charge in [0.1, 0.15) is 0 Å². The van der Waals surface area contributed by atoms with E-state index in [1.165, 1.54) is 5.56 Å². The molecule has 1 aliphatic heterocycles.